The Labute approximate surface area is 150 Å². The average Bonchev–Trinajstić information content (AvgIpc) is 2.56. The molecule has 0 aliphatic carbocycles. The molecule has 0 unspecified atom stereocenters. The van der Waals surface area contributed by atoms with E-state index in [1.54, 1.807) is 20.8 Å². The van der Waals surface area contributed by atoms with Crippen molar-refractivity contribution in [3.63, 3.8) is 0 Å². The van der Waals surface area contributed by atoms with Crippen LogP contribution in [-0.2, 0) is 9.53 Å². The van der Waals surface area contributed by atoms with Gasteiger partial charge in [-0.15, -0.1) is 0 Å². The summed E-state index contributed by atoms with van der Waals surface area (Å²) < 4.78 is 21.0. The molecule has 0 fully saturated rings. The molecule has 26 heavy (non-hydrogen) atoms. The van der Waals surface area contributed by atoms with Crippen molar-refractivity contribution < 1.29 is 33.3 Å². The number of imide groups is 1. The Kier molecular flexibility index (Phi) is 5.91. The largest absolute Gasteiger partial charge is 0.493 e. The first-order valence-corrected chi connectivity index (χ1v) is 7.96. The third kappa shape index (κ3) is 5.27. The number of rotatable bonds is 4. The fraction of sp³-hybridized carbons (Fsp3) is 0.471. The molecule has 1 aliphatic heterocycles. The minimum Gasteiger partial charge on any atom is -0.493 e. The first-order chi connectivity index (χ1) is 12.2. The minimum absolute atomic E-state index is 0.137. The van der Waals surface area contributed by atoms with Crippen molar-refractivity contribution in [3.05, 3.63) is 17.7 Å². The molecule has 0 spiro atoms. The molecule has 0 atom stereocenters. The lowest BCUT2D eigenvalue weighted by Crippen LogP contribution is -2.49. The van der Waals surface area contributed by atoms with E-state index >= 15 is 0 Å². The number of fused-ring (bicyclic) bond motifs is 1. The second kappa shape index (κ2) is 7.94. The number of esters is 1. The van der Waals surface area contributed by atoms with E-state index in [1.807, 2.05) is 0 Å². The molecule has 3 amide bonds. The maximum Gasteiger partial charge on any atom is 0.338 e. The molecule has 0 radical (unpaired) electrons. The third-order valence-electron chi connectivity index (χ3n) is 3.14. The van der Waals surface area contributed by atoms with Crippen molar-refractivity contribution >= 4 is 17.9 Å². The zero-order valence-corrected chi connectivity index (χ0v) is 15.1. The second-order valence-electron chi connectivity index (χ2n) is 6.53. The summed E-state index contributed by atoms with van der Waals surface area (Å²) in [4.78, 5) is 35.5. The quantitative estimate of drug-likeness (QED) is 0.771. The van der Waals surface area contributed by atoms with E-state index < -0.39 is 30.1 Å². The zero-order chi connectivity index (χ0) is 19.3. The number of urea groups is 1. The van der Waals surface area contributed by atoms with Crippen LogP contribution < -0.4 is 24.8 Å². The molecule has 0 aromatic heterocycles. The van der Waals surface area contributed by atoms with Gasteiger partial charge in [0.05, 0.1) is 12.7 Å². The highest BCUT2D eigenvalue weighted by Gasteiger charge is 2.22. The Bertz CT molecular complexity index is 693. The highest BCUT2D eigenvalue weighted by atomic mass is 16.6. The van der Waals surface area contributed by atoms with Gasteiger partial charge in [-0.3, -0.25) is 10.1 Å². The summed E-state index contributed by atoms with van der Waals surface area (Å²) in [6, 6.07) is 2.21. The highest BCUT2D eigenvalue weighted by Crippen LogP contribution is 2.40. The van der Waals surface area contributed by atoms with Crippen molar-refractivity contribution in [1.82, 2.24) is 10.6 Å². The fourth-order valence-electron chi connectivity index (χ4n) is 2.14. The molecule has 2 rings (SSSR count). The molecule has 9 heteroatoms. The summed E-state index contributed by atoms with van der Waals surface area (Å²) in [5.41, 5.74) is -0.360. The van der Waals surface area contributed by atoms with Crippen molar-refractivity contribution in [2.45, 2.75) is 26.3 Å². The Morgan fingerprint density at radius 2 is 1.85 bits per heavy atom. The third-order valence-corrected chi connectivity index (χ3v) is 3.14. The molecule has 2 N–H and O–H groups in total. The van der Waals surface area contributed by atoms with Crippen LogP contribution in [0.4, 0.5) is 4.79 Å². The van der Waals surface area contributed by atoms with E-state index in [9.17, 15) is 14.4 Å². The van der Waals surface area contributed by atoms with Gasteiger partial charge in [0, 0.05) is 5.54 Å². The van der Waals surface area contributed by atoms with E-state index in [4.69, 9.17) is 18.9 Å². The van der Waals surface area contributed by atoms with Gasteiger partial charge in [-0.2, -0.15) is 0 Å². The monoisotopic (exact) mass is 366 g/mol. The number of carbonyl (C=O) groups is 3. The molecule has 0 saturated carbocycles. The van der Waals surface area contributed by atoms with Crippen molar-refractivity contribution in [2.24, 2.45) is 0 Å². The second-order valence-corrected chi connectivity index (χ2v) is 6.53. The van der Waals surface area contributed by atoms with Crippen molar-refractivity contribution in [1.29, 1.82) is 0 Å². The summed E-state index contributed by atoms with van der Waals surface area (Å²) >= 11 is 0. The van der Waals surface area contributed by atoms with Crippen LogP contribution in [-0.4, -0.2) is 50.4 Å². The van der Waals surface area contributed by atoms with E-state index in [2.05, 4.69) is 10.6 Å². The van der Waals surface area contributed by atoms with Gasteiger partial charge in [-0.25, -0.2) is 9.59 Å². The highest BCUT2D eigenvalue weighted by molar-refractivity contribution is 5.97. The fourth-order valence-corrected chi connectivity index (χ4v) is 2.14. The molecule has 0 saturated heterocycles. The first kappa shape index (κ1) is 19.4. The Balaban J connectivity index is 1.95. The summed E-state index contributed by atoms with van der Waals surface area (Å²) in [6.45, 7) is 5.43. The van der Waals surface area contributed by atoms with Crippen molar-refractivity contribution in [3.8, 4) is 17.2 Å². The number of methoxy groups -OCH3 is 1. The smallest absolute Gasteiger partial charge is 0.338 e. The molecular formula is C17H22N2O7. The summed E-state index contributed by atoms with van der Waals surface area (Å²) in [5, 5.41) is 4.64. The Morgan fingerprint density at radius 3 is 2.50 bits per heavy atom. The summed E-state index contributed by atoms with van der Waals surface area (Å²) in [5.74, 6) is -0.414. The number of carbonyl (C=O) groups excluding carboxylic acids is 3. The van der Waals surface area contributed by atoms with Gasteiger partial charge in [0.2, 0.25) is 5.75 Å². The number of nitrogens with one attached hydrogen (secondary N) is 2. The minimum atomic E-state index is -0.758. The van der Waals surface area contributed by atoms with Crippen LogP contribution in [0.1, 0.15) is 31.1 Å². The van der Waals surface area contributed by atoms with E-state index in [0.29, 0.717) is 30.5 Å². The van der Waals surface area contributed by atoms with Crippen LogP contribution in [0.3, 0.4) is 0 Å². The van der Waals surface area contributed by atoms with Crippen molar-refractivity contribution in [2.75, 3.05) is 26.9 Å². The molecule has 1 aliphatic rings. The normalized spacial score (nSPS) is 12.8. The number of hydrogen-bond acceptors (Lipinski definition) is 7. The standard InChI is InChI=1S/C17H22N2O7/c1-17(2,3)19-16(22)18-13(20)9-26-15(21)10-7-11(23-4)14-12(8-10)24-5-6-25-14/h7-8H,5-6,9H2,1-4H3,(H2,18,19,20,22). The maximum atomic E-state index is 12.2. The lowest BCUT2D eigenvalue weighted by molar-refractivity contribution is -0.123. The number of amides is 3. The molecule has 0 bridgehead atoms. The topological polar surface area (TPSA) is 112 Å². The van der Waals surface area contributed by atoms with E-state index in [-0.39, 0.29) is 5.56 Å². The van der Waals surface area contributed by atoms with Gasteiger partial charge >= 0.3 is 12.0 Å². The molecule has 1 heterocycles. The van der Waals surface area contributed by atoms with Gasteiger partial charge in [-0.1, -0.05) is 0 Å². The zero-order valence-electron chi connectivity index (χ0n) is 15.1. The number of ether oxygens (including phenoxy) is 4. The van der Waals surface area contributed by atoms with Crippen LogP contribution in [0.2, 0.25) is 0 Å². The number of hydrogen-bond donors (Lipinski definition) is 2. The van der Waals surface area contributed by atoms with Crippen LogP contribution in [0, 0.1) is 0 Å². The molecule has 142 valence electrons. The van der Waals surface area contributed by atoms with Gasteiger partial charge < -0.3 is 24.3 Å². The number of benzene rings is 1. The predicted octanol–water partition coefficient (Wildman–Crippen LogP) is 1.25. The van der Waals surface area contributed by atoms with Gasteiger partial charge in [0.15, 0.2) is 18.1 Å². The average molecular weight is 366 g/mol. The maximum absolute atomic E-state index is 12.2. The van der Waals surface area contributed by atoms with Crippen LogP contribution in [0.15, 0.2) is 12.1 Å². The van der Waals surface area contributed by atoms with E-state index in [1.165, 1.54) is 19.2 Å². The van der Waals surface area contributed by atoms with Gasteiger partial charge in [-0.05, 0) is 32.9 Å². The predicted molar refractivity (Wildman–Crippen MR) is 90.7 cm³/mol. The Hall–Kier alpha value is -2.97. The molecule has 9 nitrogen and oxygen atoms in total. The SMILES string of the molecule is COc1cc(C(=O)OCC(=O)NC(=O)NC(C)(C)C)cc2c1OCCO2. The lowest BCUT2D eigenvalue weighted by atomic mass is 10.1. The lowest BCUT2D eigenvalue weighted by Gasteiger charge is -2.21. The van der Waals surface area contributed by atoms with Gasteiger partial charge in [0.1, 0.15) is 13.2 Å². The van der Waals surface area contributed by atoms with Crippen LogP contribution in [0.5, 0.6) is 17.2 Å². The van der Waals surface area contributed by atoms with Crippen LogP contribution >= 0.6 is 0 Å². The summed E-state index contributed by atoms with van der Waals surface area (Å²) in [6.07, 6.45) is 0. The van der Waals surface area contributed by atoms with Gasteiger partial charge in [0.25, 0.3) is 5.91 Å². The molecule has 1 aromatic carbocycles. The Morgan fingerprint density at radius 1 is 1.15 bits per heavy atom. The molecular weight excluding hydrogens is 344 g/mol. The van der Waals surface area contributed by atoms with Crippen LogP contribution in [0.25, 0.3) is 0 Å². The first-order valence-electron chi connectivity index (χ1n) is 7.96. The molecule has 1 aromatic rings. The van der Waals surface area contributed by atoms with E-state index in [0.717, 1.165) is 0 Å². The summed E-state index contributed by atoms with van der Waals surface area (Å²) in [7, 11) is 1.43.